The predicted molar refractivity (Wildman–Crippen MR) is 285 cm³/mol. The van der Waals surface area contributed by atoms with Gasteiger partial charge in [0.15, 0.2) is 18.9 Å². The number of β-amino-alcohol motifs (C(OH)–C–C–N with tert-alkyl or cyclic N) is 1. The maximum atomic E-state index is 13.9. The molecule has 6 heterocycles. The Balaban J connectivity index is 1.03. The van der Waals surface area contributed by atoms with Crippen LogP contribution in [0.5, 0.6) is 0 Å². The lowest BCUT2D eigenvalue weighted by molar-refractivity contribution is -0.282. The molecule has 23 atom stereocenters. The number of phosphoric ester groups is 2. The standard InChI is InChI=1S/C51H91N3O28P2/c1-27(2)75-24-32-16-35(19-53(32)41(60)10-7-13-73-50-29(4)44(63)47(66)38(22-56)79-50)81-84(70,71)77-26-33-17-36(20-54(33)42(61)11-8-14-74-51-30(5)45(64)48(67)39(23-57)80-51)82-83(68,69)76-25-31-15-34(58)18-52(31)40(59)9-6-12-72-49-28(3)43(62)46(65)37(21-55)78-49/h27-39,43-51,55-58,62-67H,6-26H2,1-5H3,(H,68,69)(H,70,71)/t28-,29-,30-,31-,32-,33-,34+,35+,36+,37?,38?,39?,43?,44?,45?,46-,47-,48-,49+,50+,51+/m0/s1. The summed E-state index contributed by atoms with van der Waals surface area (Å²) in [5.74, 6) is -3.33. The van der Waals surface area contributed by atoms with Crippen molar-refractivity contribution in [3.8, 4) is 0 Å². The zero-order valence-corrected chi connectivity index (χ0v) is 50.0. The summed E-state index contributed by atoms with van der Waals surface area (Å²) in [6.45, 7) is 4.92. The summed E-state index contributed by atoms with van der Waals surface area (Å²) < 4.78 is 89.2. The smallest absolute Gasteiger partial charge is 0.394 e. The minimum atomic E-state index is -5.00. The van der Waals surface area contributed by atoms with Gasteiger partial charge in [-0.2, -0.15) is 0 Å². The van der Waals surface area contributed by atoms with E-state index in [0.717, 1.165) is 0 Å². The molecule has 84 heavy (non-hydrogen) atoms. The molecule has 6 saturated heterocycles. The molecule has 6 aliphatic rings. The van der Waals surface area contributed by atoms with Gasteiger partial charge in [0, 0.05) is 56.7 Å². The fourth-order valence-electron chi connectivity index (χ4n) is 11.2. The molecule has 0 saturated carbocycles. The van der Waals surface area contributed by atoms with Gasteiger partial charge < -0.3 is 109 Å². The van der Waals surface area contributed by atoms with E-state index < -0.39 is 188 Å². The molecule has 0 spiro atoms. The average molecular weight is 1260 g/mol. The first kappa shape index (κ1) is 71.0. The number of rotatable bonds is 31. The molecule has 8 unspecified atom stereocenters. The highest BCUT2D eigenvalue weighted by Gasteiger charge is 2.48. The molecule has 31 nitrogen and oxygen atoms in total. The molecule has 488 valence electrons. The minimum absolute atomic E-state index is 0.00591. The van der Waals surface area contributed by atoms with Crippen LogP contribution < -0.4 is 0 Å². The van der Waals surface area contributed by atoms with E-state index in [1.807, 2.05) is 0 Å². The molecule has 33 heteroatoms. The van der Waals surface area contributed by atoms with E-state index in [1.165, 1.54) is 14.7 Å². The SMILES string of the molecule is CC(C)OC[C@@H]1C[C@@H](OP(=O)(O)OC[C@@H]2C[C@@H](OP(=O)(O)OC[C@@H]3C[C@@H](O)CN3C(=O)CCCO[C@@H]3OC(CO)[C@H](O)C(O)[C@@H]3C)CN2C(=O)CCCO[C@@H]2OC(CO)[C@H](O)C(O)[C@@H]2C)CN1C(=O)CCCO[C@@H]1OC(CO)[C@H](O)C(O)[C@@H]1C. The number of amides is 3. The molecule has 0 bridgehead atoms. The Labute approximate surface area is 488 Å². The number of aliphatic hydroxyl groups is 10. The lowest BCUT2D eigenvalue weighted by Crippen LogP contribution is -2.55. The molecule has 6 aliphatic heterocycles. The van der Waals surface area contributed by atoms with Crippen LogP contribution in [0.25, 0.3) is 0 Å². The first-order valence-corrected chi connectivity index (χ1v) is 31.9. The van der Waals surface area contributed by atoms with E-state index in [2.05, 4.69) is 0 Å². The summed E-state index contributed by atoms with van der Waals surface area (Å²) in [7, 11) is -9.99. The number of ether oxygens (including phenoxy) is 7. The van der Waals surface area contributed by atoms with Gasteiger partial charge in [0.1, 0.15) is 36.6 Å². The number of carbonyl (C=O) groups excluding carboxylic acids is 3. The molecule has 6 fully saturated rings. The van der Waals surface area contributed by atoms with Crippen molar-refractivity contribution >= 4 is 33.4 Å². The number of carbonyl (C=O) groups is 3. The van der Waals surface area contributed by atoms with E-state index in [9.17, 15) is 84.4 Å². The average Bonchev–Trinajstić information content (AvgIpc) is 4.32. The summed E-state index contributed by atoms with van der Waals surface area (Å²) >= 11 is 0. The largest absolute Gasteiger partial charge is 0.472 e. The number of nitrogens with zero attached hydrogens (tertiary/aromatic N) is 3. The van der Waals surface area contributed by atoms with Crippen molar-refractivity contribution in [2.75, 3.05) is 79.1 Å². The summed E-state index contributed by atoms with van der Waals surface area (Å²) in [5.41, 5.74) is 0. The molecule has 0 aliphatic carbocycles. The fourth-order valence-corrected chi connectivity index (χ4v) is 13.1. The maximum absolute atomic E-state index is 13.9. The van der Waals surface area contributed by atoms with Crippen LogP contribution in [0.3, 0.4) is 0 Å². The Morgan fingerprint density at radius 1 is 0.500 bits per heavy atom. The van der Waals surface area contributed by atoms with Gasteiger partial charge in [-0.15, -0.1) is 0 Å². The van der Waals surface area contributed by atoms with Crippen molar-refractivity contribution in [3.05, 3.63) is 0 Å². The van der Waals surface area contributed by atoms with Crippen LogP contribution in [0.4, 0.5) is 0 Å². The minimum Gasteiger partial charge on any atom is -0.394 e. The predicted octanol–water partition coefficient (Wildman–Crippen LogP) is -2.80. The lowest BCUT2D eigenvalue weighted by atomic mass is 9.92. The summed E-state index contributed by atoms with van der Waals surface area (Å²) in [6, 6.07) is -2.49. The van der Waals surface area contributed by atoms with Gasteiger partial charge in [0.2, 0.25) is 17.7 Å². The Bertz CT molecular complexity index is 2160. The molecule has 0 aromatic heterocycles. The number of hydrogen-bond acceptors (Lipinski definition) is 26. The fraction of sp³-hybridized carbons (Fsp3) is 0.941. The summed E-state index contributed by atoms with van der Waals surface area (Å²) in [4.78, 5) is 67.1. The highest BCUT2D eigenvalue weighted by molar-refractivity contribution is 7.47. The summed E-state index contributed by atoms with van der Waals surface area (Å²) in [6.07, 6.45) is -17.4. The first-order valence-electron chi connectivity index (χ1n) is 28.9. The molecule has 0 aromatic carbocycles. The highest BCUT2D eigenvalue weighted by atomic mass is 31.2. The van der Waals surface area contributed by atoms with Crippen LogP contribution in [-0.4, -0.2) is 289 Å². The van der Waals surface area contributed by atoms with Crippen molar-refractivity contribution in [1.29, 1.82) is 0 Å². The van der Waals surface area contributed by atoms with E-state index in [-0.39, 0.29) is 116 Å². The van der Waals surface area contributed by atoms with Crippen LogP contribution >= 0.6 is 15.6 Å². The topological polar surface area (TPSA) is 439 Å². The van der Waals surface area contributed by atoms with Gasteiger partial charge in [0.05, 0.1) is 120 Å². The van der Waals surface area contributed by atoms with E-state index in [1.54, 1.807) is 34.6 Å². The number of aliphatic hydroxyl groups excluding tert-OH is 10. The van der Waals surface area contributed by atoms with Gasteiger partial charge >= 0.3 is 15.6 Å². The third-order valence-electron chi connectivity index (χ3n) is 16.2. The zero-order chi connectivity index (χ0) is 61.8. The lowest BCUT2D eigenvalue weighted by Gasteiger charge is -2.40. The van der Waals surface area contributed by atoms with E-state index >= 15 is 0 Å². The molecule has 12 N–H and O–H groups in total. The number of hydrogen-bond donors (Lipinski definition) is 12. The quantitative estimate of drug-likeness (QED) is 0.0246. The van der Waals surface area contributed by atoms with E-state index in [4.69, 9.17) is 51.3 Å². The number of likely N-dealkylation sites (tertiary alicyclic amines) is 3. The van der Waals surface area contributed by atoms with Crippen molar-refractivity contribution in [2.24, 2.45) is 17.8 Å². The molecule has 6 rings (SSSR count). The van der Waals surface area contributed by atoms with Crippen LogP contribution in [-0.2, 0) is 74.8 Å². The van der Waals surface area contributed by atoms with Crippen molar-refractivity contribution in [3.63, 3.8) is 0 Å². The van der Waals surface area contributed by atoms with Crippen LogP contribution in [0.2, 0.25) is 0 Å². The molecule has 0 radical (unpaired) electrons. The van der Waals surface area contributed by atoms with Gasteiger partial charge in [-0.05, 0) is 52.4 Å². The Hall–Kier alpha value is -2.05. The second kappa shape index (κ2) is 32.6. The van der Waals surface area contributed by atoms with Crippen molar-refractivity contribution in [1.82, 2.24) is 14.7 Å². The van der Waals surface area contributed by atoms with Crippen molar-refractivity contribution < 1.29 is 136 Å². The maximum Gasteiger partial charge on any atom is 0.472 e. The second-order valence-electron chi connectivity index (χ2n) is 22.9. The Kier molecular flexibility index (Phi) is 27.6. The van der Waals surface area contributed by atoms with Gasteiger partial charge in [-0.25, -0.2) is 9.13 Å². The Morgan fingerprint density at radius 3 is 1.15 bits per heavy atom. The first-order chi connectivity index (χ1) is 39.7. The third kappa shape index (κ3) is 19.5. The third-order valence-corrected chi connectivity index (χ3v) is 18.2. The molecule has 0 aromatic rings. The monoisotopic (exact) mass is 1260 g/mol. The molecular weight excluding hydrogens is 1160 g/mol. The van der Waals surface area contributed by atoms with Crippen LogP contribution in [0.1, 0.15) is 92.4 Å². The number of phosphoric acid groups is 2. The van der Waals surface area contributed by atoms with Crippen molar-refractivity contribution in [2.45, 2.75) is 209 Å². The van der Waals surface area contributed by atoms with Gasteiger partial charge in [-0.3, -0.25) is 32.5 Å². The normalized spacial score (nSPS) is 38.1. The second-order valence-corrected chi connectivity index (χ2v) is 25.8. The van der Waals surface area contributed by atoms with Crippen LogP contribution in [0, 0.1) is 17.8 Å². The summed E-state index contributed by atoms with van der Waals surface area (Å²) in [5, 5.41) is 101. The van der Waals surface area contributed by atoms with E-state index in [0.29, 0.717) is 0 Å². The highest BCUT2D eigenvalue weighted by Crippen LogP contribution is 2.50. The molecule has 3 amide bonds. The van der Waals surface area contributed by atoms with Gasteiger partial charge in [0.25, 0.3) is 0 Å². The van der Waals surface area contributed by atoms with Gasteiger partial charge in [-0.1, -0.05) is 20.8 Å². The van der Waals surface area contributed by atoms with Crippen LogP contribution in [0.15, 0.2) is 0 Å². The zero-order valence-electron chi connectivity index (χ0n) is 48.2. The molecular formula is C51H91N3O28P2. The Morgan fingerprint density at radius 2 is 0.821 bits per heavy atom.